The fourth-order valence-electron chi connectivity index (χ4n) is 3.36. The number of hydrogen-bond acceptors (Lipinski definition) is 4. The van der Waals surface area contributed by atoms with E-state index in [1.807, 2.05) is 6.92 Å². The molecule has 0 aromatic carbocycles. The minimum Gasteiger partial charge on any atom is -0.340 e. The summed E-state index contributed by atoms with van der Waals surface area (Å²) < 4.78 is 0. The van der Waals surface area contributed by atoms with Gasteiger partial charge < -0.3 is 9.80 Å². The zero-order chi connectivity index (χ0) is 14.3. The number of anilines is 2. The van der Waals surface area contributed by atoms with Crippen molar-refractivity contribution in [3.8, 4) is 0 Å². The van der Waals surface area contributed by atoms with Crippen LogP contribution in [0.25, 0.3) is 0 Å². The van der Waals surface area contributed by atoms with E-state index in [1.54, 1.807) is 18.1 Å². The predicted octanol–water partition coefficient (Wildman–Crippen LogP) is 2.63. The third-order valence-corrected chi connectivity index (χ3v) is 4.56. The summed E-state index contributed by atoms with van der Waals surface area (Å²) in [5.41, 5.74) is 0.760. The van der Waals surface area contributed by atoms with Gasteiger partial charge in [-0.3, -0.25) is 4.79 Å². The summed E-state index contributed by atoms with van der Waals surface area (Å²) in [5, 5.41) is 0.240. The van der Waals surface area contributed by atoms with Gasteiger partial charge >= 0.3 is 0 Å². The van der Waals surface area contributed by atoms with E-state index in [0.717, 1.165) is 30.8 Å². The molecule has 1 aliphatic heterocycles. The van der Waals surface area contributed by atoms with Gasteiger partial charge in [0, 0.05) is 13.1 Å². The molecule has 0 saturated heterocycles. The maximum Gasteiger partial charge on any atom is 0.249 e. The number of hydrogen-bond donors (Lipinski definition) is 0. The SMILES string of the molecule is CCC1C(=O)N(C)c2cnc(Cl)nc2N1C1CCCC1. The second kappa shape index (κ2) is 5.20. The van der Waals surface area contributed by atoms with Crippen LogP contribution in [0.1, 0.15) is 39.0 Å². The van der Waals surface area contributed by atoms with Crippen LogP contribution in [-0.4, -0.2) is 35.0 Å². The second-order valence-electron chi connectivity index (χ2n) is 5.51. The molecule has 0 N–H and O–H groups in total. The summed E-state index contributed by atoms with van der Waals surface area (Å²) in [4.78, 5) is 24.8. The Labute approximate surface area is 123 Å². The van der Waals surface area contributed by atoms with Crippen molar-refractivity contribution >= 4 is 29.0 Å². The first-order chi connectivity index (χ1) is 9.63. The van der Waals surface area contributed by atoms with Gasteiger partial charge in [-0.05, 0) is 30.9 Å². The molecule has 1 fully saturated rings. The Kier molecular flexibility index (Phi) is 3.54. The lowest BCUT2D eigenvalue weighted by atomic mass is 10.0. The zero-order valence-corrected chi connectivity index (χ0v) is 12.6. The lowest BCUT2D eigenvalue weighted by Crippen LogP contribution is -2.55. The van der Waals surface area contributed by atoms with Crippen molar-refractivity contribution in [3.05, 3.63) is 11.5 Å². The Morgan fingerprint density at radius 1 is 1.40 bits per heavy atom. The highest BCUT2D eigenvalue weighted by Gasteiger charge is 2.41. The molecular formula is C14H19ClN4O. The first-order valence-corrected chi connectivity index (χ1v) is 7.59. The third-order valence-electron chi connectivity index (χ3n) is 4.38. The maximum absolute atomic E-state index is 12.6. The second-order valence-corrected chi connectivity index (χ2v) is 5.85. The fraction of sp³-hybridized carbons (Fsp3) is 0.643. The molecule has 1 aromatic rings. The highest BCUT2D eigenvalue weighted by atomic mass is 35.5. The van der Waals surface area contributed by atoms with Crippen LogP contribution in [0.2, 0.25) is 5.28 Å². The Morgan fingerprint density at radius 3 is 2.75 bits per heavy atom. The Balaban J connectivity index is 2.11. The lowest BCUT2D eigenvalue weighted by Gasteiger charge is -2.43. The number of carbonyl (C=O) groups excluding carboxylic acids is 1. The van der Waals surface area contributed by atoms with Gasteiger partial charge in [0.15, 0.2) is 5.82 Å². The summed E-state index contributed by atoms with van der Waals surface area (Å²) in [6.07, 6.45) is 7.10. The predicted molar refractivity (Wildman–Crippen MR) is 79.3 cm³/mol. The van der Waals surface area contributed by atoms with Gasteiger partial charge in [0.1, 0.15) is 11.7 Å². The molecule has 0 bridgehead atoms. The van der Waals surface area contributed by atoms with Gasteiger partial charge in [-0.15, -0.1) is 0 Å². The van der Waals surface area contributed by atoms with Crippen molar-refractivity contribution in [2.24, 2.45) is 0 Å². The molecule has 3 rings (SSSR count). The van der Waals surface area contributed by atoms with E-state index in [0.29, 0.717) is 6.04 Å². The molecule has 1 atom stereocenters. The largest absolute Gasteiger partial charge is 0.340 e. The van der Waals surface area contributed by atoms with Crippen LogP contribution in [-0.2, 0) is 4.79 Å². The molecule has 0 spiro atoms. The number of aromatic nitrogens is 2. The van der Waals surface area contributed by atoms with E-state index in [2.05, 4.69) is 14.9 Å². The van der Waals surface area contributed by atoms with Crippen LogP contribution < -0.4 is 9.80 Å². The average Bonchev–Trinajstić information content (AvgIpc) is 2.96. The van der Waals surface area contributed by atoms with Gasteiger partial charge in [-0.25, -0.2) is 4.98 Å². The number of rotatable bonds is 2. The molecular weight excluding hydrogens is 276 g/mol. The smallest absolute Gasteiger partial charge is 0.249 e. The third kappa shape index (κ3) is 2.04. The van der Waals surface area contributed by atoms with Gasteiger partial charge in [-0.1, -0.05) is 19.8 Å². The molecule has 1 aliphatic carbocycles. The number of halogens is 1. The molecule has 6 heteroatoms. The minimum atomic E-state index is -0.137. The molecule has 5 nitrogen and oxygen atoms in total. The first-order valence-electron chi connectivity index (χ1n) is 7.22. The number of nitrogens with zero attached hydrogens (tertiary/aromatic N) is 4. The highest BCUT2D eigenvalue weighted by molar-refractivity contribution is 6.28. The normalized spacial score (nSPS) is 23.4. The van der Waals surface area contributed by atoms with Crippen molar-refractivity contribution < 1.29 is 4.79 Å². The van der Waals surface area contributed by atoms with Crippen LogP contribution in [0.4, 0.5) is 11.5 Å². The van der Waals surface area contributed by atoms with Crippen LogP contribution in [0.5, 0.6) is 0 Å². The zero-order valence-electron chi connectivity index (χ0n) is 11.8. The number of carbonyl (C=O) groups is 1. The summed E-state index contributed by atoms with van der Waals surface area (Å²) in [7, 11) is 1.78. The summed E-state index contributed by atoms with van der Waals surface area (Å²) >= 11 is 5.97. The molecule has 1 aromatic heterocycles. The van der Waals surface area contributed by atoms with E-state index < -0.39 is 0 Å². The molecule has 1 saturated carbocycles. The monoisotopic (exact) mass is 294 g/mol. The number of amides is 1. The van der Waals surface area contributed by atoms with Gasteiger partial charge in [0.25, 0.3) is 0 Å². The summed E-state index contributed by atoms with van der Waals surface area (Å²) in [6.45, 7) is 2.05. The lowest BCUT2D eigenvalue weighted by molar-refractivity contribution is -0.120. The van der Waals surface area contributed by atoms with Crippen LogP contribution in [0, 0.1) is 0 Å². The van der Waals surface area contributed by atoms with Crippen molar-refractivity contribution in [2.75, 3.05) is 16.8 Å². The molecule has 108 valence electrons. The van der Waals surface area contributed by atoms with Crippen LogP contribution >= 0.6 is 11.6 Å². The van der Waals surface area contributed by atoms with Crippen LogP contribution in [0.15, 0.2) is 6.20 Å². The Bertz CT molecular complexity index is 530. The summed E-state index contributed by atoms with van der Waals surface area (Å²) in [5.74, 6) is 0.934. The topological polar surface area (TPSA) is 49.3 Å². The van der Waals surface area contributed by atoms with Crippen molar-refractivity contribution in [2.45, 2.75) is 51.1 Å². The molecule has 1 amide bonds. The van der Waals surface area contributed by atoms with Gasteiger partial charge in [0.2, 0.25) is 11.2 Å². The van der Waals surface area contributed by atoms with Crippen LogP contribution in [0.3, 0.4) is 0 Å². The van der Waals surface area contributed by atoms with E-state index >= 15 is 0 Å². The van der Waals surface area contributed by atoms with Crippen molar-refractivity contribution in [1.82, 2.24) is 9.97 Å². The minimum absolute atomic E-state index is 0.123. The van der Waals surface area contributed by atoms with Gasteiger partial charge in [-0.2, -0.15) is 4.98 Å². The quantitative estimate of drug-likeness (QED) is 0.787. The Hall–Kier alpha value is -1.36. The van der Waals surface area contributed by atoms with E-state index in [4.69, 9.17) is 11.6 Å². The number of fused-ring (bicyclic) bond motifs is 1. The average molecular weight is 295 g/mol. The molecule has 0 radical (unpaired) electrons. The molecule has 1 unspecified atom stereocenters. The van der Waals surface area contributed by atoms with E-state index in [-0.39, 0.29) is 17.2 Å². The van der Waals surface area contributed by atoms with Gasteiger partial charge in [0.05, 0.1) is 6.20 Å². The summed E-state index contributed by atoms with van der Waals surface area (Å²) in [6, 6.07) is 0.254. The molecule has 20 heavy (non-hydrogen) atoms. The molecule has 2 aliphatic rings. The highest BCUT2D eigenvalue weighted by Crippen LogP contribution is 2.39. The maximum atomic E-state index is 12.6. The van der Waals surface area contributed by atoms with Crippen molar-refractivity contribution in [3.63, 3.8) is 0 Å². The van der Waals surface area contributed by atoms with E-state index in [9.17, 15) is 4.79 Å². The standard InChI is InChI=1S/C14H19ClN4O/c1-3-10-13(20)18(2)11-8-16-14(15)17-12(11)19(10)9-6-4-5-7-9/h8-10H,3-7H2,1-2H3. The fourth-order valence-corrected chi connectivity index (χ4v) is 3.49. The first kappa shape index (κ1) is 13.6. The molecule has 2 heterocycles. The van der Waals surface area contributed by atoms with Crippen molar-refractivity contribution in [1.29, 1.82) is 0 Å². The Morgan fingerprint density at radius 2 is 2.10 bits per heavy atom. The number of likely N-dealkylation sites (N-methyl/N-ethyl adjacent to an activating group) is 1. The van der Waals surface area contributed by atoms with E-state index in [1.165, 1.54) is 12.8 Å².